The number of carboxylic acid groups (broad SMARTS) is 1. The number of benzene rings is 1. The third kappa shape index (κ3) is 4.01. The highest BCUT2D eigenvalue weighted by atomic mass is 32.1. The molecule has 1 heterocycles. The quantitative estimate of drug-likeness (QED) is 0.795. The molecule has 9 heteroatoms. The van der Waals surface area contributed by atoms with E-state index in [0.29, 0.717) is 11.6 Å². The van der Waals surface area contributed by atoms with Crippen molar-refractivity contribution in [3.05, 3.63) is 51.2 Å². The number of carbonyl (C=O) groups excluding carboxylic acids is 1. The molecule has 3 N–H and O–H groups in total. The van der Waals surface area contributed by atoms with Crippen LogP contribution in [0.25, 0.3) is 0 Å². The predicted molar refractivity (Wildman–Crippen MR) is 75.6 cm³/mol. The fourth-order valence-corrected chi connectivity index (χ4v) is 2.74. The number of halogens is 3. The fraction of sp³-hybridized carbons (Fsp3) is 0.143. The largest absolute Gasteiger partial charge is 0.508 e. The Hall–Kier alpha value is -2.55. The van der Waals surface area contributed by atoms with E-state index < -0.39 is 28.5 Å². The Labute approximate surface area is 132 Å². The molecule has 2 rings (SSSR count). The number of amides is 1. The van der Waals surface area contributed by atoms with Crippen LogP contribution in [-0.2, 0) is 12.7 Å². The minimum Gasteiger partial charge on any atom is -0.508 e. The van der Waals surface area contributed by atoms with E-state index in [1.165, 1.54) is 12.1 Å². The molecule has 0 bridgehead atoms. The van der Waals surface area contributed by atoms with Crippen molar-refractivity contribution in [3.63, 3.8) is 0 Å². The molecule has 0 fully saturated rings. The van der Waals surface area contributed by atoms with Crippen molar-refractivity contribution >= 4 is 23.2 Å². The molecule has 0 aliphatic rings. The summed E-state index contributed by atoms with van der Waals surface area (Å²) < 4.78 is 38.3. The molecule has 0 unspecified atom stereocenters. The number of hydrogen-bond donors (Lipinski definition) is 3. The summed E-state index contributed by atoms with van der Waals surface area (Å²) in [6, 6.07) is 6.49. The number of rotatable bonds is 4. The molecule has 0 radical (unpaired) electrons. The standard InChI is InChI=1S/C14H10F3NO4S/c15-14(16,17)9-5-10(23-11(9)13(21)22)12(20)18-6-7-2-1-3-8(19)4-7/h1-5,19H,6H2,(H,18,20)(H,21,22). The first kappa shape index (κ1) is 16.8. The van der Waals surface area contributed by atoms with Crippen molar-refractivity contribution in [2.45, 2.75) is 12.7 Å². The van der Waals surface area contributed by atoms with Crippen LogP contribution in [0.15, 0.2) is 30.3 Å². The molecule has 0 aliphatic carbocycles. The van der Waals surface area contributed by atoms with Crippen molar-refractivity contribution in [3.8, 4) is 5.75 Å². The van der Waals surface area contributed by atoms with Gasteiger partial charge in [0.05, 0.1) is 10.4 Å². The zero-order chi connectivity index (χ0) is 17.2. The minimum absolute atomic E-state index is 0.0135. The number of alkyl halides is 3. The van der Waals surface area contributed by atoms with Crippen LogP contribution in [0.3, 0.4) is 0 Å². The summed E-state index contributed by atoms with van der Waals surface area (Å²) in [5.41, 5.74) is -0.804. The monoisotopic (exact) mass is 345 g/mol. The van der Waals surface area contributed by atoms with Gasteiger partial charge in [0.25, 0.3) is 5.91 Å². The van der Waals surface area contributed by atoms with Crippen LogP contribution in [0.1, 0.15) is 30.5 Å². The van der Waals surface area contributed by atoms with E-state index >= 15 is 0 Å². The van der Waals surface area contributed by atoms with Gasteiger partial charge in [-0.3, -0.25) is 4.79 Å². The van der Waals surface area contributed by atoms with Gasteiger partial charge in [0, 0.05) is 6.54 Å². The van der Waals surface area contributed by atoms with Gasteiger partial charge in [0.15, 0.2) is 0 Å². The lowest BCUT2D eigenvalue weighted by atomic mass is 10.2. The summed E-state index contributed by atoms with van der Waals surface area (Å²) in [6.07, 6.45) is -4.85. The van der Waals surface area contributed by atoms with Crippen LogP contribution >= 0.6 is 11.3 Å². The number of nitrogens with one attached hydrogen (secondary N) is 1. The number of thiophene rings is 1. The first-order chi connectivity index (χ1) is 10.7. The van der Waals surface area contributed by atoms with E-state index in [4.69, 9.17) is 5.11 Å². The number of phenols is 1. The van der Waals surface area contributed by atoms with Gasteiger partial charge in [0.2, 0.25) is 0 Å². The predicted octanol–water partition coefficient (Wildman–Crippen LogP) is 3.10. The number of carboxylic acids is 1. The van der Waals surface area contributed by atoms with Gasteiger partial charge in [-0.15, -0.1) is 11.3 Å². The van der Waals surface area contributed by atoms with Crippen LogP contribution in [0, 0.1) is 0 Å². The number of aromatic carboxylic acids is 1. The second-order valence-electron chi connectivity index (χ2n) is 4.51. The van der Waals surface area contributed by atoms with Crippen molar-refractivity contribution < 1.29 is 33.0 Å². The molecule has 0 atom stereocenters. The van der Waals surface area contributed by atoms with Crippen molar-refractivity contribution in [2.24, 2.45) is 0 Å². The van der Waals surface area contributed by atoms with E-state index in [0.717, 1.165) is 0 Å². The Balaban J connectivity index is 2.18. The first-order valence-electron chi connectivity index (χ1n) is 6.19. The first-order valence-corrected chi connectivity index (χ1v) is 7.00. The van der Waals surface area contributed by atoms with Crippen LogP contribution in [0.4, 0.5) is 13.2 Å². The molecule has 1 aromatic heterocycles. The highest BCUT2D eigenvalue weighted by Gasteiger charge is 2.38. The second-order valence-corrected chi connectivity index (χ2v) is 5.56. The third-order valence-corrected chi connectivity index (χ3v) is 3.94. The SMILES string of the molecule is O=C(NCc1cccc(O)c1)c1cc(C(F)(F)F)c(C(=O)O)s1. The Morgan fingerprint density at radius 3 is 2.43 bits per heavy atom. The smallest absolute Gasteiger partial charge is 0.418 e. The van der Waals surface area contributed by atoms with E-state index in [1.54, 1.807) is 12.1 Å². The van der Waals surface area contributed by atoms with Gasteiger partial charge in [-0.25, -0.2) is 4.79 Å². The number of phenolic OH excluding ortho intramolecular Hbond substituents is 1. The van der Waals surface area contributed by atoms with Gasteiger partial charge in [-0.1, -0.05) is 12.1 Å². The molecular weight excluding hydrogens is 335 g/mol. The van der Waals surface area contributed by atoms with E-state index in [-0.39, 0.29) is 28.5 Å². The molecule has 0 saturated carbocycles. The maximum absolute atomic E-state index is 12.8. The third-order valence-electron chi connectivity index (χ3n) is 2.82. The van der Waals surface area contributed by atoms with E-state index in [9.17, 15) is 27.9 Å². The maximum Gasteiger partial charge on any atom is 0.418 e. The molecule has 0 aliphatic heterocycles. The summed E-state index contributed by atoms with van der Waals surface area (Å²) in [4.78, 5) is 21.5. The van der Waals surface area contributed by atoms with Crippen LogP contribution < -0.4 is 5.32 Å². The van der Waals surface area contributed by atoms with E-state index in [1.807, 2.05) is 0 Å². The zero-order valence-corrected chi connectivity index (χ0v) is 12.2. The van der Waals surface area contributed by atoms with Crippen molar-refractivity contribution in [1.82, 2.24) is 5.32 Å². The van der Waals surface area contributed by atoms with Gasteiger partial charge < -0.3 is 15.5 Å². The number of carbonyl (C=O) groups is 2. The zero-order valence-electron chi connectivity index (χ0n) is 11.3. The molecule has 1 amide bonds. The summed E-state index contributed by atoms with van der Waals surface area (Å²) in [7, 11) is 0. The Morgan fingerprint density at radius 1 is 1.22 bits per heavy atom. The van der Waals surface area contributed by atoms with Crippen LogP contribution in [0.5, 0.6) is 5.75 Å². The minimum atomic E-state index is -4.85. The Morgan fingerprint density at radius 2 is 1.91 bits per heavy atom. The highest BCUT2D eigenvalue weighted by molar-refractivity contribution is 7.16. The van der Waals surface area contributed by atoms with Gasteiger partial charge in [0.1, 0.15) is 10.6 Å². The molecule has 5 nitrogen and oxygen atoms in total. The van der Waals surface area contributed by atoms with Crippen molar-refractivity contribution in [2.75, 3.05) is 0 Å². The number of aromatic hydroxyl groups is 1. The molecular formula is C14H10F3NO4S. The molecule has 122 valence electrons. The average molecular weight is 345 g/mol. The van der Waals surface area contributed by atoms with Gasteiger partial charge in [-0.2, -0.15) is 13.2 Å². The molecule has 2 aromatic rings. The Bertz CT molecular complexity index is 755. The van der Waals surface area contributed by atoms with Crippen molar-refractivity contribution in [1.29, 1.82) is 0 Å². The van der Waals surface area contributed by atoms with E-state index in [2.05, 4.69) is 5.32 Å². The Kier molecular flexibility index (Phi) is 4.60. The topological polar surface area (TPSA) is 86.6 Å². The summed E-state index contributed by atoms with van der Waals surface area (Å²) in [6.45, 7) is -0.0190. The summed E-state index contributed by atoms with van der Waals surface area (Å²) in [5.74, 6) is -2.58. The van der Waals surface area contributed by atoms with Gasteiger partial charge in [-0.05, 0) is 23.8 Å². The maximum atomic E-state index is 12.8. The molecule has 0 saturated heterocycles. The highest BCUT2D eigenvalue weighted by Crippen LogP contribution is 2.36. The van der Waals surface area contributed by atoms with Crippen LogP contribution in [-0.4, -0.2) is 22.1 Å². The average Bonchev–Trinajstić information content (AvgIpc) is 2.90. The van der Waals surface area contributed by atoms with Gasteiger partial charge >= 0.3 is 12.1 Å². The normalized spacial score (nSPS) is 11.3. The summed E-state index contributed by atoms with van der Waals surface area (Å²) in [5, 5.41) is 20.5. The lowest BCUT2D eigenvalue weighted by molar-refractivity contribution is -0.137. The molecule has 23 heavy (non-hydrogen) atoms. The van der Waals surface area contributed by atoms with Crippen LogP contribution in [0.2, 0.25) is 0 Å². The second kappa shape index (κ2) is 6.29. The molecule has 0 spiro atoms. The summed E-state index contributed by atoms with van der Waals surface area (Å²) >= 11 is 0.260. The number of hydrogen-bond acceptors (Lipinski definition) is 4. The molecule has 1 aromatic carbocycles. The fourth-order valence-electron chi connectivity index (χ4n) is 1.81. The lowest BCUT2D eigenvalue weighted by Gasteiger charge is -2.04. The lowest BCUT2D eigenvalue weighted by Crippen LogP contribution is -2.21.